The van der Waals surface area contributed by atoms with Gasteiger partial charge in [0.25, 0.3) is 0 Å². The summed E-state index contributed by atoms with van der Waals surface area (Å²) in [6.45, 7) is 2.49. The van der Waals surface area contributed by atoms with Crippen LogP contribution in [0.25, 0.3) is 0 Å². The summed E-state index contributed by atoms with van der Waals surface area (Å²) in [6.07, 6.45) is 9.57. The zero-order valence-corrected chi connectivity index (χ0v) is 13.9. The van der Waals surface area contributed by atoms with E-state index in [0.717, 1.165) is 30.9 Å². The number of carbonyl (C=O) groups is 1. The van der Waals surface area contributed by atoms with Crippen LogP contribution >= 0.6 is 11.3 Å². The quantitative estimate of drug-likeness (QED) is 0.899. The van der Waals surface area contributed by atoms with E-state index in [-0.39, 0.29) is 11.3 Å². The molecule has 1 aromatic heterocycles. The second kappa shape index (κ2) is 5.93. The van der Waals surface area contributed by atoms with Crippen LogP contribution in [-0.4, -0.2) is 24.0 Å². The minimum atomic E-state index is -0.144. The number of hydrogen-bond acceptors (Lipinski definition) is 4. The highest BCUT2D eigenvalue weighted by atomic mass is 32.1. The Morgan fingerprint density at radius 1 is 1.32 bits per heavy atom. The number of hydrogen-bond donors (Lipinski definition) is 2. The maximum atomic E-state index is 12.8. The number of rotatable bonds is 3. The number of fused-ring (bicyclic) bond motifs is 2. The lowest BCUT2D eigenvalue weighted by Crippen LogP contribution is -2.47. The maximum Gasteiger partial charge on any atom is 0.228 e. The molecule has 0 unspecified atom stereocenters. The van der Waals surface area contributed by atoms with Crippen molar-refractivity contribution in [3.63, 3.8) is 0 Å². The van der Waals surface area contributed by atoms with Gasteiger partial charge >= 0.3 is 0 Å². The third kappa shape index (κ3) is 2.48. The number of carbonyl (C=O) groups excluding carboxylic acids is 1. The molecule has 1 aliphatic heterocycles. The van der Waals surface area contributed by atoms with Gasteiger partial charge in [0.1, 0.15) is 5.01 Å². The van der Waals surface area contributed by atoms with Crippen molar-refractivity contribution in [1.29, 1.82) is 0 Å². The van der Waals surface area contributed by atoms with E-state index in [9.17, 15) is 4.79 Å². The first-order valence-corrected chi connectivity index (χ1v) is 9.56. The Morgan fingerprint density at radius 3 is 3.14 bits per heavy atom. The highest BCUT2D eigenvalue weighted by molar-refractivity contribution is 7.11. The van der Waals surface area contributed by atoms with Gasteiger partial charge in [-0.3, -0.25) is 4.79 Å². The summed E-state index contributed by atoms with van der Waals surface area (Å²) in [5.74, 6) is 0.793. The van der Waals surface area contributed by atoms with Crippen molar-refractivity contribution >= 4 is 17.2 Å². The molecule has 2 atom stereocenters. The fourth-order valence-electron chi connectivity index (χ4n) is 4.50. The summed E-state index contributed by atoms with van der Waals surface area (Å²) < 4.78 is 0. The van der Waals surface area contributed by atoms with Crippen molar-refractivity contribution in [2.75, 3.05) is 13.1 Å². The highest BCUT2D eigenvalue weighted by Crippen LogP contribution is 2.44. The van der Waals surface area contributed by atoms with Gasteiger partial charge in [0.05, 0.1) is 17.7 Å². The van der Waals surface area contributed by atoms with Gasteiger partial charge in [-0.15, -0.1) is 11.3 Å². The van der Waals surface area contributed by atoms with E-state index in [4.69, 9.17) is 4.98 Å². The van der Waals surface area contributed by atoms with Gasteiger partial charge in [-0.05, 0) is 51.0 Å². The summed E-state index contributed by atoms with van der Waals surface area (Å²) in [6, 6.07) is 0. The molecule has 2 heterocycles. The van der Waals surface area contributed by atoms with Crippen molar-refractivity contribution in [2.45, 2.75) is 57.9 Å². The fourth-order valence-corrected chi connectivity index (χ4v) is 5.60. The van der Waals surface area contributed by atoms with Crippen LogP contribution in [0.5, 0.6) is 0 Å². The van der Waals surface area contributed by atoms with E-state index in [0.29, 0.717) is 12.5 Å². The summed E-state index contributed by atoms with van der Waals surface area (Å²) in [4.78, 5) is 19.0. The largest absolute Gasteiger partial charge is 0.349 e. The molecule has 4 rings (SSSR count). The standard InChI is InChI=1S/C17H25N3OS/c21-16(17-8-4-3-5-12(17)9-18-11-17)19-10-15-20-13-6-1-2-7-14(13)22-15/h12,18H,1-11H2,(H,19,21)/t12-,17+/m0/s1. The smallest absolute Gasteiger partial charge is 0.228 e. The number of aromatic nitrogens is 1. The van der Waals surface area contributed by atoms with Crippen molar-refractivity contribution < 1.29 is 4.79 Å². The molecule has 3 aliphatic rings. The molecule has 1 saturated carbocycles. The van der Waals surface area contributed by atoms with Crippen LogP contribution in [0.3, 0.4) is 0 Å². The minimum absolute atomic E-state index is 0.144. The zero-order chi connectivity index (χ0) is 15.0. The SMILES string of the molecule is O=C(NCc1nc2c(s1)CCCC2)[C@@]12CCCC[C@H]1CNC2. The molecule has 2 aliphatic carbocycles. The maximum absolute atomic E-state index is 12.8. The molecule has 0 radical (unpaired) electrons. The Labute approximate surface area is 136 Å². The van der Waals surface area contributed by atoms with Gasteiger partial charge in [0, 0.05) is 11.4 Å². The van der Waals surface area contributed by atoms with Crippen molar-refractivity contribution in [1.82, 2.24) is 15.6 Å². The minimum Gasteiger partial charge on any atom is -0.349 e. The number of nitrogens with zero attached hydrogens (tertiary/aromatic N) is 1. The molecule has 1 amide bonds. The molecule has 4 nitrogen and oxygen atoms in total. The van der Waals surface area contributed by atoms with Crippen molar-refractivity contribution in [2.24, 2.45) is 11.3 Å². The average molecular weight is 319 g/mol. The zero-order valence-electron chi connectivity index (χ0n) is 13.1. The first kappa shape index (κ1) is 14.6. The van der Waals surface area contributed by atoms with E-state index in [1.165, 1.54) is 49.1 Å². The Balaban J connectivity index is 1.42. The molecule has 0 spiro atoms. The van der Waals surface area contributed by atoms with Gasteiger partial charge in [0.15, 0.2) is 0 Å². The molecule has 1 aromatic rings. The molecule has 2 N–H and O–H groups in total. The molecule has 120 valence electrons. The first-order valence-electron chi connectivity index (χ1n) is 8.74. The average Bonchev–Trinajstić information content (AvgIpc) is 3.16. The third-order valence-electron chi connectivity index (χ3n) is 5.78. The van der Waals surface area contributed by atoms with Crippen LogP contribution in [0, 0.1) is 11.3 Å². The van der Waals surface area contributed by atoms with Gasteiger partial charge in [-0.25, -0.2) is 4.98 Å². The van der Waals surface area contributed by atoms with Crippen LogP contribution in [0.1, 0.15) is 54.1 Å². The van der Waals surface area contributed by atoms with Gasteiger partial charge in [0.2, 0.25) is 5.91 Å². The van der Waals surface area contributed by atoms with E-state index < -0.39 is 0 Å². The van der Waals surface area contributed by atoms with Gasteiger partial charge in [-0.1, -0.05) is 12.8 Å². The number of thiazole rings is 1. The van der Waals surface area contributed by atoms with E-state index in [1.807, 2.05) is 0 Å². The Morgan fingerprint density at radius 2 is 2.23 bits per heavy atom. The van der Waals surface area contributed by atoms with Crippen molar-refractivity contribution in [3.05, 3.63) is 15.6 Å². The lowest BCUT2D eigenvalue weighted by Gasteiger charge is -2.37. The van der Waals surface area contributed by atoms with Crippen LogP contribution < -0.4 is 10.6 Å². The van der Waals surface area contributed by atoms with Gasteiger partial charge < -0.3 is 10.6 Å². The molecule has 22 heavy (non-hydrogen) atoms. The van der Waals surface area contributed by atoms with Crippen LogP contribution in [-0.2, 0) is 24.2 Å². The topological polar surface area (TPSA) is 54.0 Å². The summed E-state index contributed by atoms with van der Waals surface area (Å²) in [5, 5.41) is 7.75. The Bertz CT molecular complexity index is 547. The summed E-state index contributed by atoms with van der Waals surface area (Å²) in [7, 11) is 0. The lowest BCUT2D eigenvalue weighted by molar-refractivity contribution is -0.134. The van der Waals surface area contributed by atoms with E-state index in [2.05, 4.69) is 10.6 Å². The van der Waals surface area contributed by atoms with Gasteiger partial charge in [-0.2, -0.15) is 0 Å². The Kier molecular flexibility index (Phi) is 3.95. The molecule has 0 bridgehead atoms. The molecular formula is C17H25N3OS. The monoisotopic (exact) mass is 319 g/mol. The number of amides is 1. The molecule has 1 saturated heterocycles. The predicted octanol–water partition coefficient (Wildman–Crippen LogP) is 2.42. The molecule has 0 aromatic carbocycles. The van der Waals surface area contributed by atoms with Crippen LogP contribution in [0.15, 0.2) is 0 Å². The highest BCUT2D eigenvalue weighted by Gasteiger charge is 2.49. The third-order valence-corrected chi connectivity index (χ3v) is 6.94. The molecule has 5 heteroatoms. The van der Waals surface area contributed by atoms with E-state index in [1.54, 1.807) is 11.3 Å². The normalized spacial score (nSPS) is 30.6. The summed E-state index contributed by atoms with van der Waals surface area (Å²) >= 11 is 1.81. The second-order valence-electron chi connectivity index (χ2n) is 7.10. The first-order chi connectivity index (χ1) is 10.8. The van der Waals surface area contributed by atoms with Crippen LogP contribution in [0.4, 0.5) is 0 Å². The lowest BCUT2D eigenvalue weighted by atomic mass is 9.67. The molecular weight excluding hydrogens is 294 g/mol. The number of nitrogens with one attached hydrogen (secondary N) is 2. The second-order valence-corrected chi connectivity index (χ2v) is 8.27. The molecule has 2 fully saturated rings. The predicted molar refractivity (Wildman–Crippen MR) is 87.9 cm³/mol. The van der Waals surface area contributed by atoms with Crippen LogP contribution in [0.2, 0.25) is 0 Å². The number of aryl methyl sites for hydroxylation is 2. The Hall–Kier alpha value is -0.940. The van der Waals surface area contributed by atoms with E-state index >= 15 is 0 Å². The fraction of sp³-hybridized carbons (Fsp3) is 0.765. The van der Waals surface area contributed by atoms with Crippen molar-refractivity contribution in [3.8, 4) is 0 Å². The summed E-state index contributed by atoms with van der Waals surface area (Å²) in [5.41, 5.74) is 1.14.